The molecule has 0 spiro atoms. The zero-order valence-electron chi connectivity index (χ0n) is 25.1. The van der Waals surface area contributed by atoms with E-state index in [0.717, 1.165) is 65.6 Å². The Morgan fingerprint density at radius 3 is 2.31 bits per heavy atom. The quantitative estimate of drug-likeness (QED) is 0.141. The summed E-state index contributed by atoms with van der Waals surface area (Å²) in [5.74, 6) is -0.699. The third-order valence-corrected chi connectivity index (χ3v) is 12.8. The number of alkyl halides is 2. The number of pyridine rings is 1. The van der Waals surface area contributed by atoms with Crippen LogP contribution in [0.1, 0.15) is 30.1 Å². The molecule has 1 N–H and O–H groups in total. The van der Waals surface area contributed by atoms with Crippen LogP contribution in [0.15, 0.2) is 64.6 Å². The SMILES string of the molecule is CNS(=O)(=O)c1ccc(S(=O)(=O)N2CCSC2C(=O)OC(Cc2c(Cl)c[n+]([O-])cc2Cl)c2ccc(OC(F)F)c(OCC3CC3)c2)cc1. The summed E-state index contributed by atoms with van der Waals surface area (Å²) in [4.78, 5) is 13.4. The number of hydrogen-bond donors (Lipinski definition) is 1. The van der Waals surface area contributed by atoms with Gasteiger partial charge in [0.15, 0.2) is 29.3 Å². The minimum atomic E-state index is -4.30. The van der Waals surface area contributed by atoms with E-state index in [-0.39, 0.29) is 73.7 Å². The van der Waals surface area contributed by atoms with Crippen LogP contribution in [0.25, 0.3) is 0 Å². The Bertz CT molecular complexity index is 1860. The average Bonchev–Trinajstić information content (AvgIpc) is 3.73. The van der Waals surface area contributed by atoms with Crippen molar-refractivity contribution in [2.24, 2.45) is 5.92 Å². The first-order chi connectivity index (χ1) is 22.7. The Hall–Kier alpha value is -2.93. The van der Waals surface area contributed by atoms with Gasteiger partial charge in [-0.15, -0.1) is 11.8 Å². The molecule has 2 unspecified atom stereocenters. The summed E-state index contributed by atoms with van der Waals surface area (Å²) in [5, 5.41) is 10.5. The van der Waals surface area contributed by atoms with Crippen LogP contribution in [0.3, 0.4) is 0 Å². The number of hydrogen-bond acceptors (Lipinski definition) is 10. The molecule has 0 amide bonds. The summed E-state index contributed by atoms with van der Waals surface area (Å²) in [6, 6.07) is 8.53. The number of carbonyl (C=O) groups excluding carboxylic acids is 1. The second-order valence-electron chi connectivity index (χ2n) is 10.8. The molecule has 1 saturated carbocycles. The summed E-state index contributed by atoms with van der Waals surface area (Å²) in [5.41, 5.74) is 0.497. The first-order valence-corrected chi connectivity index (χ1v) is 19.1. The highest BCUT2D eigenvalue weighted by Crippen LogP contribution is 2.39. The van der Waals surface area contributed by atoms with Crippen LogP contribution >= 0.6 is 35.0 Å². The van der Waals surface area contributed by atoms with Crippen LogP contribution in [-0.4, -0.2) is 65.0 Å². The van der Waals surface area contributed by atoms with Crippen molar-refractivity contribution in [3.8, 4) is 11.5 Å². The van der Waals surface area contributed by atoms with Gasteiger partial charge in [0.2, 0.25) is 20.0 Å². The number of nitrogens with zero attached hydrogens (tertiary/aromatic N) is 2. The number of aromatic nitrogens is 1. The van der Waals surface area contributed by atoms with E-state index < -0.39 is 44.1 Å². The number of halogens is 4. The van der Waals surface area contributed by atoms with Crippen molar-refractivity contribution in [2.45, 2.75) is 47.1 Å². The number of rotatable bonds is 14. The zero-order chi connectivity index (χ0) is 34.8. The van der Waals surface area contributed by atoms with Crippen molar-refractivity contribution in [3.05, 3.63) is 81.2 Å². The first kappa shape index (κ1) is 36.4. The molecule has 260 valence electrons. The molecule has 12 nitrogen and oxygen atoms in total. The maximum atomic E-state index is 13.8. The minimum Gasteiger partial charge on any atom is -0.619 e. The van der Waals surface area contributed by atoms with Gasteiger partial charge in [-0.25, -0.2) is 26.4 Å². The summed E-state index contributed by atoms with van der Waals surface area (Å²) >= 11 is 13.7. The van der Waals surface area contributed by atoms with Crippen LogP contribution in [0.4, 0.5) is 8.78 Å². The van der Waals surface area contributed by atoms with E-state index >= 15 is 0 Å². The largest absolute Gasteiger partial charge is 0.619 e. The normalized spacial score (nSPS) is 17.8. The summed E-state index contributed by atoms with van der Waals surface area (Å²) < 4.78 is 97.7. The molecule has 2 fully saturated rings. The molecular formula is C29H29Cl2F2N3O9S3. The number of thioether (sulfide) groups is 1. The van der Waals surface area contributed by atoms with E-state index in [1.807, 2.05) is 0 Å². The van der Waals surface area contributed by atoms with Crippen molar-refractivity contribution >= 4 is 61.0 Å². The van der Waals surface area contributed by atoms with Crippen molar-refractivity contribution in [1.82, 2.24) is 9.03 Å². The number of ether oxygens (including phenoxy) is 3. The molecule has 3 aromatic rings. The molecule has 0 radical (unpaired) electrons. The molecule has 1 saturated heterocycles. The van der Waals surface area contributed by atoms with Gasteiger partial charge in [-0.2, -0.15) is 17.8 Å². The molecule has 1 aromatic heterocycles. The van der Waals surface area contributed by atoms with Crippen molar-refractivity contribution in [1.29, 1.82) is 0 Å². The number of esters is 1. The molecule has 19 heteroatoms. The van der Waals surface area contributed by atoms with Gasteiger partial charge < -0.3 is 19.4 Å². The fourth-order valence-corrected chi connectivity index (χ4v) is 9.17. The van der Waals surface area contributed by atoms with E-state index in [4.69, 9.17) is 32.7 Å². The van der Waals surface area contributed by atoms with E-state index in [2.05, 4.69) is 9.46 Å². The Morgan fingerprint density at radius 2 is 1.71 bits per heavy atom. The highest BCUT2D eigenvalue weighted by atomic mass is 35.5. The van der Waals surface area contributed by atoms with E-state index in [1.54, 1.807) is 0 Å². The monoisotopic (exact) mass is 767 g/mol. The standard InChI is InChI=1S/C29H29Cl2F2N3O9S3/c1-34-47(39,40)19-5-7-20(8-6-19)48(41,42)36-10-11-46-27(36)28(37)44-25(13-21-22(30)14-35(38)15-23(21)31)18-4-9-24(45-29(32)33)26(12-18)43-16-17-2-3-17/h4-9,12,14-15,17,25,27,29,34H,2-3,10-11,13,16H2,1H3. The van der Waals surface area contributed by atoms with Gasteiger partial charge in [0.1, 0.15) is 16.1 Å². The highest BCUT2D eigenvalue weighted by molar-refractivity contribution is 8.02. The number of benzene rings is 2. The summed E-state index contributed by atoms with van der Waals surface area (Å²) in [7, 11) is -6.91. The van der Waals surface area contributed by atoms with Crippen LogP contribution in [0.5, 0.6) is 11.5 Å². The average molecular weight is 769 g/mol. The first-order valence-electron chi connectivity index (χ1n) is 14.4. The van der Waals surface area contributed by atoms with Crippen LogP contribution in [0, 0.1) is 11.1 Å². The third kappa shape index (κ3) is 8.43. The molecule has 5 rings (SSSR count). The molecule has 2 aromatic carbocycles. The Kier molecular flexibility index (Phi) is 11.3. The molecule has 48 heavy (non-hydrogen) atoms. The molecule has 2 aliphatic rings. The van der Waals surface area contributed by atoms with E-state index in [0.29, 0.717) is 4.73 Å². The fourth-order valence-electron chi connectivity index (χ4n) is 4.79. The third-order valence-electron chi connectivity index (χ3n) is 7.49. The fraction of sp³-hybridized carbons (Fsp3) is 0.379. The Labute approximate surface area is 289 Å². The lowest BCUT2D eigenvalue weighted by Crippen LogP contribution is -2.40. The number of nitrogens with one attached hydrogen (secondary N) is 1. The molecular weight excluding hydrogens is 739 g/mol. The molecule has 2 heterocycles. The van der Waals surface area contributed by atoms with Gasteiger partial charge in [0.05, 0.1) is 16.4 Å². The second kappa shape index (κ2) is 14.9. The Morgan fingerprint density at radius 1 is 1.06 bits per heavy atom. The summed E-state index contributed by atoms with van der Waals surface area (Å²) in [6.07, 6.45) is 2.56. The number of carbonyl (C=O) groups is 1. The van der Waals surface area contributed by atoms with Crippen molar-refractivity contribution < 1.29 is 49.4 Å². The van der Waals surface area contributed by atoms with Gasteiger partial charge in [-0.3, -0.25) is 0 Å². The second-order valence-corrected chi connectivity index (χ2v) is 16.6. The molecule has 2 atom stereocenters. The predicted octanol–water partition coefficient (Wildman–Crippen LogP) is 4.52. The van der Waals surface area contributed by atoms with Gasteiger partial charge in [0, 0.05) is 24.3 Å². The highest BCUT2D eigenvalue weighted by Gasteiger charge is 2.42. The topological polar surface area (TPSA) is 155 Å². The van der Waals surface area contributed by atoms with Crippen LogP contribution in [0.2, 0.25) is 10.0 Å². The molecule has 1 aliphatic carbocycles. The molecule has 0 bridgehead atoms. The molecule has 1 aliphatic heterocycles. The lowest BCUT2D eigenvalue weighted by molar-refractivity contribution is -0.605. The zero-order valence-corrected chi connectivity index (χ0v) is 29.0. The number of sulfonamides is 2. The maximum Gasteiger partial charge on any atom is 0.387 e. The lowest BCUT2D eigenvalue weighted by Gasteiger charge is -2.26. The van der Waals surface area contributed by atoms with Crippen LogP contribution < -0.4 is 18.9 Å². The maximum absolute atomic E-state index is 13.8. The Balaban J connectivity index is 1.46. The lowest BCUT2D eigenvalue weighted by atomic mass is 10.0. The predicted molar refractivity (Wildman–Crippen MR) is 172 cm³/mol. The van der Waals surface area contributed by atoms with E-state index in [9.17, 15) is 35.6 Å². The van der Waals surface area contributed by atoms with E-state index in [1.165, 1.54) is 25.2 Å². The van der Waals surface area contributed by atoms with Gasteiger partial charge in [0.25, 0.3) is 0 Å². The van der Waals surface area contributed by atoms with Crippen LogP contribution in [-0.2, 0) is 36.0 Å². The van der Waals surface area contributed by atoms with Crippen molar-refractivity contribution in [2.75, 3.05) is 26.0 Å². The summed E-state index contributed by atoms with van der Waals surface area (Å²) in [6.45, 7) is -2.93. The van der Waals surface area contributed by atoms with Gasteiger partial charge in [-0.1, -0.05) is 29.3 Å². The van der Waals surface area contributed by atoms with Gasteiger partial charge >= 0.3 is 12.6 Å². The van der Waals surface area contributed by atoms with Gasteiger partial charge in [-0.05, 0) is 67.8 Å². The smallest absolute Gasteiger partial charge is 0.387 e. The van der Waals surface area contributed by atoms with Crippen molar-refractivity contribution in [3.63, 3.8) is 0 Å². The minimum absolute atomic E-state index is 0.0217.